The fraction of sp³-hybridized carbons (Fsp3) is 0.700. The largest absolute Gasteiger partial charge is 0.508 e. The molecule has 0 aliphatic carbocycles. The Morgan fingerprint density at radius 3 is 2.68 bits per heavy atom. The molecule has 2 rings (SSSR count). The number of aromatic hydroxyl groups is 1. The van der Waals surface area contributed by atoms with Gasteiger partial charge in [0, 0.05) is 6.54 Å². The number of hydrogen-bond donors (Lipinski definition) is 1. The third-order valence-electron chi connectivity index (χ3n) is 5.65. The SMILES string of the molecule is CCCCCCCN1CC[C@@](C)(c2cccc(O)c2)[C@@H](C)C1. The highest BCUT2D eigenvalue weighted by Crippen LogP contribution is 2.40. The van der Waals surface area contributed by atoms with Crippen LogP contribution in [0, 0.1) is 5.92 Å². The second-order valence-electron chi connectivity index (χ2n) is 7.33. The molecule has 1 aromatic carbocycles. The van der Waals surface area contributed by atoms with E-state index in [0.29, 0.717) is 11.7 Å². The molecule has 0 unspecified atom stereocenters. The van der Waals surface area contributed by atoms with Crippen LogP contribution in [0.25, 0.3) is 0 Å². The van der Waals surface area contributed by atoms with Crippen LogP contribution >= 0.6 is 0 Å². The highest BCUT2D eigenvalue weighted by Gasteiger charge is 2.37. The summed E-state index contributed by atoms with van der Waals surface area (Å²) in [6, 6.07) is 7.87. The van der Waals surface area contributed by atoms with Gasteiger partial charge in [0.2, 0.25) is 0 Å². The van der Waals surface area contributed by atoms with Gasteiger partial charge >= 0.3 is 0 Å². The molecule has 0 saturated carbocycles. The van der Waals surface area contributed by atoms with E-state index in [-0.39, 0.29) is 5.41 Å². The smallest absolute Gasteiger partial charge is 0.115 e. The summed E-state index contributed by atoms with van der Waals surface area (Å²) in [6.07, 6.45) is 8.00. The van der Waals surface area contributed by atoms with E-state index in [1.807, 2.05) is 12.1 Å². The molecule has 0 bridgehead atoms. The molecule has 2 atom stereocenters. The van der Waals surface area contributed by atoms with Crippen molar-refractivity contribution in [2.24, 2.45) is 5.92 Å². The molecule has 2 heteroatoms. The van der Waals surface area contributed by atoms with Gasteiger partial charge in [0.15, 0.2) is 0 Å². The Hall–Kier alpha value is -1.02. The third kappa shape index (κ3) is 4.25. The van der Waals surface area contributed by atoms with Crippen molar-refractivity contribution in [2.45, 2.75) is 64.7 Å². The molecule has 0 radical (unpaired) electrons. The van der Waals surface area contributed by atoms with E-state index in [0.717, 1.165) is 0 Å². The maximum atomic E-state index is 9.77. The summed E-state index contributed by atoms with van der Waals surface area (Å²) in [5.41, 5.74) is 1.49. The number of hydrogen-bond acceptors (Lipinski definition) is 2. The van der Waals surface area contributed by atoms with Gasteiger partial charge in [-0.1, -0.05) is 58.6 Å². The van der Waals surface area contributed by atoms with Gasteiger partial charge in [0.25, 0.3) is 0 Å². The average Bonchev–Trinajstić information content (AvgIpc) is 2.50. The van der Waals surface area contributed by atoms with Gasteiger partial charge in [0.05, 0.1) is 0 Å². The van der Waals surface area contributed by atoms with Gasteiger partial charge in [-0.2, -0.15) is 0 Å². The second-order valence-corrected chi connectivity index (χ2v) is 7.33. The Morgan fingerprint density at radius 2 is 2.00 bits per heavy atom. The van der Waals surface area contributed by atoms with Crippen LogP contribution in [0.2, 0.25) is 0 Å². The van der Waals surface area contributed by atoms with E-state index in [1.165, 1.54) is 63.7 Å². The number of phenolic OH excluding ortho intramolecular Hbond substituents is 1. The molecule has 1 N–H and O–H groups in total. The van der Waals surface area contributed by atoms with Crippen LogP contribution in [0.4, 0.5) is 0 Å². The van der Waals surface area contributed by atoms with Crippen molar-refractivity contribution in [2.75, 3.05) is 19.6 Å². The zero-order valence-corrected chi connectivity index (χ0v) is 14.6. The summed E-state index contributed by atoms with van der Waals surface area (Å²) in [5.74, 6) is 1.02. The van der Waals surface area contributed by atoms with Crippen molar-refractivity contribution in [3.63, 3.8) is 0 Å². The first kappa shape index (κ1) is 17.3. The molecule has 1 fully saturated rings. The Bertz CT molecular complexity index is 459. The van der Waals surface area contributed by atoms with Crippen molar-refractivity contribution in [1.29, 1.82) is 0 Å². The quantitative estimate of drug-likeness (QED) is 0.719. The van der Waals surface area contributed by atoms with Gasteiger partial charge in [0.1, 0.15) is 5.75 Å². The predicted molar refractivity (Wildman–Crippen MR) is 94.4 cm³/mol. The molecule has 1 saturated heterocycles. The van der Waals surface area contributed by atoms with E-state index in [1.54, 1.807) is 6.07 Å². The third-order valence-corrected chi connectivity index (χ3v) is 5.65. The number of phenols is 1. The van der Waals surface area contributed by atoms with Crippen LogP contribution in [-0.2, 0) is 5.41 Å². The van der Waals surface area contributed by atoms with Gasteiger partial charge in [-0.05, 0) is 55.0 Å². The average molecular weight is 303 g/mol. The molecule has 22 heavy (non-hydrogen) atoms. The topological polar surface area (TPSA) is 23.5 Å². The Kier molecular flexibility index (Phi) is 6.31. The van der Waals surface area contributed by atoms with Crippen molar-refractivity contribution < 1.29 is 5.11 Å². The predicted octanol–water partition coefficient (Wildman–Crippen LogP) is 4.96. The molecule has 1 heterocycles. The van der Waals surface area contributed by atoms with Gasteiger partial charge in [-0.15, -0.1) is 0 Å². The zero-order chi connectivity index (χ0) is 16.0. The monoisotopic (exact) mass is 303 g/mol. The summed E-state index contributed by atoms with van der Waals surface area (Å²) in [7, 11) is 0. The number of nitrogens with zero attached hydrogens (tertiary/aromatic N) is 1. The minimum atomic E-state index is 0.192. The molecule has 1 aliphatic rings. The van der Waals surface area contributed by atoms with Crippen molar-refractivity contribution in [1.82, 2.24) is 4.90 Å². The number of piperidine rings is 1. The minimum Gasteiger partial charge on any atom is -0.508 e. The van der Waals surface area contributed by atoms with E-state index >= 15 is 0 Å². The molecular formula is C20H33NO. The first-order valence-electron chi connectivity index (χ1n) is 9.08. The maximum absolute atomic E-state index is 9.77. The molecular weight excluding hydrogens is 270 g/mol. The van der Waals surface area contributed by atoms with Gasteiger partial charge in [-0.3, -0.25) is 0 Å². The van der Waals surface area contributed by atoms with E-state index < -0.39 is 0 Å². The Labute approximate surface area is 136 Å². The van der Waals surface area contributed by atoms with Crippen LogP contribution in [0.5, 0.6) is 5.75 Å². The summed E-state index contributed by atoms with van der Waals surface area (Å²) < 4.78 is 0. The fourth-order valence-corrected chi connectivity index (χ4v) is 3.75. The van der Waals surface area contributed by atoms with E-state index in [2.05, 4.69) is 31.7 Å². The summed E-state index contributed by atoms with van der Waals surface area (Å²) >= 11 is 0. The first-order chi connectivity index (χ1) is 10.6. The van der Waals surface area contributed by atoms with Gasteiger partial charge < -0.3 is 10.0 Å². The highest BCUT2D eigenvalue weighted by molar-refractivity contribution is 5.33. The number of likely N-dealkylation sites (tertiary alicyclic amines) is 1. The number of rotatable bonds is 7. The van der Waals surface area contributed by atoms with Gasteiger partial charge in [-0.25, -0.2) is 0 Å². The first-order valence-corrected chi connectivity index (χ1v) is 9.08. The molecule has 1 aromatic rings. The molecule has 2 nitrogen and oxygen atoms in total. The van der Waals surface area contributed by atoms with E-state index in [9.17, 15) is 5.11 Å². The molecule has 0 spiro atoms. The molecule has 1 aliphatic heterocycles. The number of benzene rings is 1. The van der Waals surface area contributed by atoms with E-state index in [4.69, 9.17) is 0 Å². The number of unbranched alkanes of at least 4 members (excludes halogenated alkanes) is 4. The summed E-state index contributed by atoms with van der Waals surface area (Å²) in [6.45, 7) is 10.6. The van der Waals surface area contributed by atoms with Crippen LogP contribution in [-0.4, -0.2) is 29.6 Å². The standard InChI is InChI=1S/C20H33NO/c1-4-5-6-7-8-13-21-14-12-20(3,17(2)16-21)18-10-9-11-19(22)15-18/h9-11,15,17,22H,4-8,12-14,16H2,1-3H3/t17-,20+/m0/s1. The lowest BCUT2D eigenvalue weighted by Crippen LogP contribution is -2.47. The lowest BCUT2D eigenvalue weighted by molar-refractivity contribution is 0.109. The summed E-state index contributed by atoms with van der Waals surface area (Å²) in [5, 5.41) is 9.77. The second kappa shape index (κ2) is 8.01. The summed E-state index contributed by atoms with van der Waals surface area (Å²) in [4.78, 5) is 2.64. The normalized spacial score (nSPS) is 26.2. The van der Waals surface area contributed by atoms with Crippen molar-refractivity contribution in [3.05, 3.63) is 29.8 Å². The van der Waals surface area contributed by atoms with Crippen molar-refractivity contribution >= 4 is 0 Å². The molecule has 0 aromatic heterocycles. The highest BCUT2D eigenvalue weighted by atomic mass is 16.3. The van der Waals surface area contributed by atoms with Crippen LogP contribution < -0.4 is 0 Å². The minimum absolute atomic E-state index is 0.192. The maximum Gasteiger partial charge on any atom is 0.115 e. The fourth-order valence-electron chi connectivity index (χ4n) is 3.75. The van der Waals surface area contributed by atoms with Crippen LogP contribution in [0.15, 0.2) is 24.3 Å². The lowest BCUT2D eigenvalue weighted by atomic mass is 9.68. The molecule has 0 amide bonds. The Balaban J connectivity index is 1.87. The van der Waals surface area contributed by atoms with Crippen LogP contribution in [0.1, 0.15) is 64.9 Å². The van der Waals surface area contributed by atoms with Crippen molar-refractivity contribution in [3.8, 4) is 5.75 Å². The zero-order valence-electron chi connectivity index (χ0n) is 14.6. The Morgan fingerprint density at radius 1 is 1.23 bits per heavy atom. The van der Waals surface area contributed by atoms with Crippen LogP contribution in [0.3, 0.4) is 0 Å². The molecule has 124 valence electrons. The lowest BCUT2D eigenvalue weighted by Gasteiger charge is -2.45.